The number of aromatic nitrogens is 1. The van der Waals surface area contributed by atoms with E-state index in [1.165, 1.54) is 12.5 Å². The van der Waals surface area contributed by atoms with Crippen LogP contribution in [0.25, 0.3) is 10.9 Å². The van der Waals surface area contributed by atoms with Crippen molar-refractivity contribution in [2.75, 3.05) is 0 Å². The van der Waals surface area contributed by atoms with Gasteiger partial charge in [-0.1, -0.05) is 52.3 Å². The number of carbonyl (C=O) groups is 1. The molecule has 0 bridgehead atoms. The number of fused-ring (bicyclic) bond motifs is 1. The van der Waals surface area contributed by atoms with Crippen molar-refractivity contribution in [2.45, 2.75) is 19.4 Å². The Hall–Kier alpha value is -2.20. The van der Waals surface area contributed by atoms with Gasteiger partial charge < -0.3 is 5.32 Å². The monoisotopic (exact) mass is 368 g/mol. The van der Waals surface area contributed by atoms with Crippen molar-refractivity contribution in [1.29, 1.82) is 0 Å². The Labute approximate surface area is 143 Å². The van der Waals surface area contributed by atoms with Crippen molar-refractivity contribution in [1.82, 2.24) is 10.3 Å². The van der Waals surface area contributed by atoms with Gasteiger partial charge in [0.1, 0.15) is 0 Å². The molecule has 1 N–H and O–H groups in total. The summed E-state index contributed by atoms with van der Waals surface area (Å²) < 4.78 is 1.03. The van der Waals surface area contributed by atoms with Gasteiger partial charge in [-0.15, -0.1) is 0 Å². The van der Waals surface area contributed by atoms with Gasteiger partial charge in [0.15, 0.2) is 0 Å². The van der Waals surface area contributed by atoms with E-state index in [0.717, 1.165) is 27.5 Å². The summed E-state index contributed by atoms with van der Waals surface area (Å²) in [5.74, 6) is -0.0522. The SMILES string of the molecule is CC(=O)NC(Cc1ccccc1)c1ccc2cc(Br)ccc2n1. The number of hydrogen-bond acceptors (Lipinski definition) is 2. The first-order chi connectivity index (χ1) is 11.1. The van der Waals surface area contributed by atoms with E-state index >= 15 is 0 Å². The summed E-state index contributed by atoms with van der Waals surface area (Å²) in [5.41, 5.74) is 2.97. The fourth-order valence-corrected chi connectivity index (χ4v) is 3.01. The number of carbonyl (C=O) groups excluding carboxylic acids is 1. The predicted octanol–water partition coefficient (Wildman–Crippen LogP) is 4.42. The molecular formula is C19H17BrN2O. The number of hydrogen-bond donors (Lipinski definition) is 1. The average molecular weight is 369 g/mol. The Morgan fingerprint density at radius 3 is 2.65 bits per heavy atom. The average Bonchev–Trinajstić information content (AvgIpc) is 2.54. The van der Waals surface area contributed by atoms with Gasteiger partial charge in [0.2, 0.25) is 5.91 Å². The molecule has 2 aromatic carbocycles. The molecule has 0 aliphatic rings. The lowest BCUT2D eigenvalue weighted by atomic mass is 10.0. The summed E-state index contributed by atoms with van der Waals surface area (Å²) >= 11 is 3.47. The quantitative estimate of drug-likeness (QED) is 0.740. The lowest BCUT2D eigenvalue weighted by molar-refractivity contribution is -0.119. The molecule has 0 spiro atoms. The Morgan fingerprint density at radius 1 is 1.13 bits per heavy atom. The molecule has 3 nitrogen and oxygen atoms in total. The molecule has 1 amide bonds. The van der Waals surface area contributed by atoms with Crippen molar-refractivity contribution >= 4 is 32.7 Å². The number of amides is 1. The summed E-state index contributed by atoms with van der Waals surface area (Å²) in [6.07, 6.45) is 0.718. The Morgan fingerprint density at radius 2 is 1.91 bits per heavy atom. The zero-order valence-corrected chi connectivity index (χ0v) is 14.4. The van der Waals surface area contributed by atoms with Gasteiger partial charge in [-0.05, 0) is 36.2 Å². The molecule has 0 aliphatic heterocycles. The van der Waals surface area contributed by atoms with Crippen molar-refractivity contribution in [3.8, 4) is 0 Å². The first kappa shape index (κ1) is 15.7. The highest BCUT2D eigenvalue weighted by Gasteiger charge is 2.15. The third-order valence-electron chi connectivity index (χ3n) is 3.69. The van der Waals surface area contributed by atoms with Crippen molar-refractivity contribution < 1.29 is 4.79 Å². The van der Waals surface area contributed by atoms with E-state index in [-0.39, 0.29) is 11.9 Å². The standard InChI is InChI=1S/C19H17BrN2O/c1-13(23)21-19(11-14-5-3-2-4-6-14)18-9-7-15-12-16(20)8-10-17(15)22-18/h2-10,12,19H,11H2,1H3,(H,21,23). The third-order valence-corrected chi connectivity index (χ3v) is 4.18. The van der Waals surface area contributed by atoms with Gasteiger partial charge in [-0.3, -0.25) is 9.78 Å². The van der Waals surface area contributed by atoms with Gasteiger partial charge in [0.25, 0.3) is 0 Å². The number of pyridine rings is 1. The third kappa shape index (κ3) is 3.96. The molecule has 3 rings (SSSR count). The van der Waals surface area contributed by atoms with E-state index in [2.05, 4.69) is 33.4 Å². The number of rotatable bonds is 4. The molecule has 1 atom stereocenters. The molecule has 23 heavy (non-hydrogen) atoms. The Bertz CT molecular complexity index is 833. The van der Waals surface area contributed by atoms with Crippen LogP contribution >= 0.6 is 15.9 Å². The summed E-state index contributed by atoms with van der Waals surface area (Å²) in [5, 5.41) is 4.08. The molecule has 1 aromatic heterocycles. The van der Waals surface area contributed by atoms with E-state index in [9.17, 15) is 4.79 Å². The van der Waals surface area contributed by atoms with Crippen molar-refractivity contribution in [2.24, 2.45) is 0 Å². The molecule has 1 heterocycles. The maximum Gasteiger partial charge on any atom is 0.217 e. The largest absolute Gasteiger partial charge is 0.348 e. The molecule has 0 aliphatic carbocycles. The van der Waals surface area contributed by atoms with Crippen LogP contribution in [0.15, 0.2) is 65.1 Å². The van der Waals surface area contributed by atoms with Crippen LogP contribution in [-0.4, -0.2) is 10.9 Å². The topological polar surface area (TPSA) is 42.0 Å². The maximum atomic E-state index is 11.6. The molecule has 0 radical (unpaired) electrons. The summed E-state index contributed by atoms with van der Waals surface area (Å²) in [6.45, 7) is 1.54. The number of halogens is 1. The zero-order valence-electron chi connectivity index (χ0n) is 12.8. The normalized spacial score (nSPS) is 12.1. The predicted molar refractivity (Wildman–Crippen MR) is 96.1 cm³/mol. The molecule has 0 saturated heterocycles. The highest BCUT2D eigenvalue weighted by molar-refractivity contribution is 9.10. The number of benzene rings is 2. The van der Waals surface area contributed by atoms with Gasteiger partial charge in [0, 0.05) is 16.8 Å². The first-order valence-corrected chi connectivity index (χ1v) is 8.28. The molecular weight excluding hydrogens is 352 g/mol. The van der Waals surface area contributed by atoms with Crippen molar-refractivity contribution in [3.05, 3.63) is 76.4 Å². The van der Waals surface area contributed by atoms with E-state index in [0.29, 0.717) is 0 Å². The van der Waals surface area contributed by atoms with E-state index in [1.54, 1.807) is 0 Å². The maximum absolute atomic E-state index is 11.6. The summed E-state index contributed by atoms with van der Waals surface area (Å²) in [7, 11) is 0. The van der Waals surface area contributed by atoms with Gasteiger partial charge in [0.05, 0.1) is 17.3 Å². The zero-order chi connectivity index (χ0) is 16.2. The van der Waals surface area contributed by atoms with Crippen LogP contribution in [0.4, 0.5) is 0 Å². The van der Waals surface area contributed by atoms with Crippen LogP contribution in [0.2, 0.25) is 0 Å². The highest BCUT2D eigenvalue weighted by Crippen LogP contribution is 2.22. The van der Waals surface area contributed by atoms with E-state index in [4.69, 9.17) is 4.98 Å². The Kier molecular flexibility index (Phi) is 4.72. The minimum Gasteiger partial charge on any atom is -0.348 e. The van der Waals surface area contributed by atoms with Crippen LogP contribution in [0, 0.1) is 0 Å². The summed E-state index contributed by atoms with van der Waals surface area (Å²) in [6, 6.07) is 20.0. The molecule has 116 valence electrons. The lowest BCUT2D eigenvalue weighted by Crippen LogP contribution is -2.28. The Balaban J connectivity index is 1.95. The van der Waals surface area contributed by atoms with Crippen molar-refractivity contribution in [3.63, 3.8) is 0 Å². The smallest absolute Gasteiger partial charge is 0.217 e. The minimum atomic E-state index is -0.136. The van der Waals surface area contributed by atoms with E-state index in [1.807, 2.05) is 48.5 Å². The minimum absolute atomic E-state index is 0.0522. The van der Waals surface area contributed by atoms with Crippen LogP contribution in [0.1, 0.15) is 24.2 Å². The summed E-state index contributed by atoms with van der Waals surface area (Å²) in [4.78, 5) is 16.3. The van der Waals surface area contributed by atoms with Gasteiger partial charge in [-0.25, -0.2) is 0 Å². The molecule has 0 fully saturated rings. The highest BCUT2D eigenvalue weighted by atomic mass is 79.9. The van der Waals surface area contributed by atoms with Gasteiger partial charge in [-0.2, -0.15) is 0 Å². The fourth-order valence-electron chi connectivity index (χ4n) is 2.63. The lowest BCUT2D eigenvalue weighted by Gasteiger charge is -2.18. The number of nitrogens with zero attached hydrogens (tertiary/aromatic N) is 1. The molecule has 3 aromatic rings. The van der Waals surface area contributed by atoms with Crippen LogP contribution < -0.4 is 5.32 Å². The van der Waals surface area contributed by atoms with E-state index < -0.39 is 0 Å². The first-order valence-electron chi connectivity index (χ1n) is 7.49. The van der Waals surface area contributed by atoms with Crippen LogP contribution in [-0.2, 0) is 11.2 Å². The second kappa shape index (κ2) is 6.92. The van der Waals surface area contributed by atoms with Crippen LogP contribution in [0.3, 0.4) is 0 Å². The number of nitrogens with one attached hydrogen (secondary N) is 1. The molecule has 4 heteroatoms. The van der Waals surface area contributed by atoms with Crippen LogP contribution in [0.5, 0.6) is 0 Å². The second-order valence-corrected chi connectivity index (χ2v) is 6.43. The van der Waals surface area contributed by atoms with Gasteiger partial charge >= 0.3 is 0 Å². The fraction of sp³-hybridized carbons (Fsp3) is 0.158. The molecule has 0 saturated carbocycles. The molecule has 1 unspecified atom stereocenters. The second-order valence-electron chi connectivity index (χ2n) is 5.52.